The molecule has 1 aromatic rings. The van der Waals surface area contributed by atoms with E-state index in [1.807, 2.05) is 39.0 Å². The van der Waals surface area contributed by atoms with Crippen molar-refractivity contribution in [2.75, 3.05) is 0 Å². The van der Waals surface area contributed by atoms with Crippen LogP contribution in [0.4, 0.5) is 4.39 Å². The van der Waals surface area contributed by atoms with Crippen LogP contribution in [0.25, 0.3) is 0 Å². The van der Waals surface area contributed by atoms with Crippen molar-refractivity contribution in [2.45, 2.75) is 53.1 Å². The lowest BCUT2D eigenvalue weighted by Gasteiger charge is -2.16. The summed E-state index contributed by atoms with van der Waals surface area (Å²) < 4.78 is 14.2. The molecule has 0 saturated carbocycles. The highest BCUT2D eigenvalue weighted by molar-refractivity contribution is 6.14. The number of aryl methyl sites for hydroxylation is 2. The quantitative estimate of drug-likeness (QED) is 0.559. The molecule has 0 saturated heterocycles. The summed E-state index contributed by atoms with van der Waals surface area (Å²) in [5, 5.41) is 0. The topological polar surface area (TPSA) is 34.1 Å². The Labute approximate surface area is 120 Å². The second-order valence-corrected chi connectivity index (χ2v) is 5.10. The molecule has 0 aliphatic heterocycles. The molecule has 110 valence electrons. The van der Waals surface area contributed by atoms with Crippen LogP contribution in [0.3, 0.4) is 0 Å². The van der Waals surface area contributed by atoms with Crippen LogP contribution in [0.2, 0.25) is 0 Å². The smallest absolute Gasteiger partial charge is 0.221 e. The summed E-state index contributed by atoms with van der Waals surface area (Å²) in [6.07, 6.45) is -0.191. The van der Waals surface area contributed by atoms with Gasteiger partial charge in [0.25, 0.3) is 0 Å². The van der Waals surface area contributed by atoms with Gasteiger partial charge >= 0.3 is 0 Å². The Hall–Kier alpha value is -1.51. The summed E-state index contributed by atoms with van der Waals surface area (Å²) in [5.74, 6) is -1.71. The van der Waals surface area contributed by atoms with Gasteiger partial charge in [-0.3, -0.25) is 9.59 Å². The van der Waals surface area contributed by atoms with Gasteiger partial charge in [-0.1, -0.05) is 45.9 Å². The Balaban J connectivity index is 3.17. The van der Waals surface area contributed by atoms with Crippen molar-refractivity contribution in [2.24, 2.45) is 5.92 Å². The number of Topliss-reactive ketones (excluding diaryl/α,β-unsaturated/α-hetero) is 2. The van der Waals surface area contributed by atoms with Crippen LogP contribution in [0.15, 0.2) is 18.2 Å². The average molecular weight is 278 g/mol. The molecule has 0 heterocycles. The zero-order valence-corrected chi connectivity index (χ0v) is 12.7. The molecule has 20 heavy (non-hydrogen) atoms. The lowest BCUT2D eigenvalue weighted by atomic mass is 9.89. The average Bonchev–Trinajstić information content (AvgIpc) is 2.50. The molecule has 0 radical (unpaired) electrons. The third-order valence-corrected chi connectivity index (χ3v) is 3.82. The minimum absolute atomic E-state index is 0.404. The fourth-order valence-corrected chi connectivity index (χ4v) is 2.27. The lowest BCUT2D eigenvalue weighted by Crippen LogP contribution is -2.31. The largest absolute Gasteiger partial charge is 0.296 e. The maximum absolute atomic E-state index is 14.2. The van der Waals surface area contributed by atoms with E-state index in [9.17, 15) is 14.0 Å². The van der Waals surface area contributed by atoms with Crippen molar-refractivity contribution in [1.82, 2.24) is 0 Å². The number of benzene rings is 1. The minimum Gasteiger partial charge on any atom is -0.296 e. The number of alkyl halides is 1. The van der Waals surface area contributed by atoms with Gasteiger partial charge in [0, 0.05) is 11.5 Å². The van der Waals surface area contributed by atoms with E-state index in [-0.39, 0.29) is 0 Å². The van der Waals surface area contributed by atoms with Crippen LogP contribution < -0.4 is 0 Å². The molecule has 0 aliphatic carbocycles. The fraction of sp³-hybridized carbons (Fsp3) is 0.529. The molecule has 1 aromatic carbocycles. The summed E-state index contributed by atoms with van der Waals surface area (Å²) in [7, 11) is 0. The van der Waals surface area contributed by atoms with Crippen molar-refractivity contribution in [3.05, 3.63) is 34.9 Å². The van der Waals surface area contributed by atoms with Crippen LogP contribution in [-0.4, -0.2) is 17.7 Å². The van der Waals surface area contributed by atoms with E-state index in [1.54, 1.807) is 6.92 Å². The number of hydrogen-bond acceptors (Lipinski definition) is 2. The van der Waals surface area contributed by atoms with Crippen molar-refractivity contribution >= 4 is 11.6 Å². The second kappa shape index (κ2) is 7.32. The number of rotatable bonds is 7. The van der Waals surface area contributed by atoms with Gasteiger partial charge < -0.3 is 0 Å². The highest BCUT2D eigenvalue weighted by Gasteiger charge is 2.32. The van der Waals surface area contributed by atoms with E-state index in [4.69, 9.17) is 0 Å². The van der Waals surface area contributed by atoms with E-state index >= 15 is 0 Å². The Kier molecular flexibility index (Phi) is 6.05. The van der Waals surface area contributed by atoms with Gasteiger partial charge in [0.1, 0.15) is 0 Å². The summed E-state index contributed by atoms with van der Waals surface area (Å²) in [6.45, 7) is 7.33. The molecule has 1 rings (SSSR count). The highest BCUT2D eigenvalue weighted by Crippen LogP contribution is 2.21. The number of carbonyl (C=O) groups excluding carboxylic acids is 2. The van der Waals surface area contributed by atoms with Gasteiger partial charge in [0.2, 0.25) is 12.0 Å². The van der Waals surface area contributed by atoms with Crippen molar-refractivity contribution in [1.29, 1.82) is 0 Å². The molecule has 0 bridgehead atoms. The zero-order valence-electron chi connectivity index (χ0n) is 12.7. The number of carbonyl (C=O) groups is 2. The summed E-state index contributed by atoms with van der Waals surface area (Å²) >= 11 is 0. The first kappa shape index (κ1) is 16.5. The van der Waals surface area contributed by atoms with E-state index in [1.165, 1.54) is 0 Å². The molecule has 0 aromatic heterocycles. The maximum Gasteiger partial charge on any atom is 0.221 e. The summed E-state index contributed by atoms with van der Waals surface area (Å²) in [6, 6.07) is 5.53. The van der Waals surface area contributed by atoms with E-state index < -0.39 is 23.7 Å². The molecule has 2 unspecified atom stereocenters. The van der Waals surface area contributed by atoms with Gasteiger partial charge in [-0.15, -0.1) is 0 Å². The maximum atomic E-state index is 14.2. The first-order chi connectivity index (χ1) is 9.47. The zero-order chi connectivity index (χ0) is 15.3. The number of hydrogen-bond donors (Lipinski definition) is 0. The van der Waals surface area contributed by atoms with Gasteiger partial charge in [-0.2, -0.15) is 0 Å². The third-order valence-electron chi connectivity index (χ3n) is 3.82. The van der Waals surface area contributed by atoms with E-state index in [0.29, 0.717) is 24.8 Å². The molecule has 2 atom stereocenters. The van der Waals surface area contributed by atoms with Crippen molar-refractivity contribution < 1.29 is 14.0 Å². The van der Waals surface area contributed by atoms with Gasteiger partial charge in [0.15, 0.2) is 5.78 Å². The summed E-state index contributed by atoms with van der Waals surface area (Å²) in [4.78, 5) is 24.3. The molecular formula is C17H23FO2. The van der Waals surface area contributed by atoms with Gasteiger partial charge in [-0.25, -0.2) is 4.39 Å². The molecule has 0 amide bonds. The molecule has 2 nitrogen and oxygen atoms in total. The minimum atomic E-state index is -2.04. The third kappa shape index (κ3) is 3.33. The molecular weight excluding hydrogens is 255 g/mol. The second-order valence-electron chi connectivity index (χ2n) is 5.10. The molecule has 3 heteroatoms. The van der Waals surface area contributed by atoms with E-state index in [2.05, 4.69) is 0 Å². The van der Waals surface area contributed by atoms with E-state index in [0.717, 1.165) is 11.1 Å². The monoisotopic (exact) mass is 278 g/mol. The molecule has 0 aliphatic rings. The SMILES string of the molecule is CCc1cccc(CC)c1C(=O)C(F)C(=O)C(C)CC. The van der Waals surface area contributed by atoms with Crippen LogP contribution in [-0.2, 0) is 17.6 Å². The highest BCUT2D eigenvalue weighted by atomic mass is 19.1. The fourth-order valence-electron chi connectivity index (χ4n) is 2.27. The summed E-state index contributed by atoms with van der Waals surface area (Å²) in [5.41, 5.74) is 2.03. The normalized spacial score (nSPS) is 13.8. The van der Waals surface area contributed by atoms with Crippen molar-refractivity contribution in [3.8, 4) is 0 Å². The Morgan fingerprint density at radius 3 is 2.00 bits per heavy atom. The van der Waals surface area contributed by atoms with Gasteiger partial charge in [0.05, 0.1) is 0 Å². The number of halogens is 1. The van der Waals surface area contributed by atoms with Crippen molar-refractivity contribution in [3.63, 3.8) is 0 Å². The standard InChI is InChI=1S/C17H23FO2/c1-5-11(4)16(19)15(18)17(20)14-12(6-2)9-8-10-13(14)7-3/h8-11,15H,5-7H2,1-4H3. The Morgan fingerprint density at radius 2 is 1.60 bits per heavy atom. The molecule has 0 spiro atoms. The number of ketones is 2. The predicted octanol–water partition coefficient (Wildman–Crippen LogP) is 3.95. The van der Waals surface area contributed by atoms with Gasteiger partial charge in [-0.05, 0) is 30.4 Å². The van der Waals surface area contributed by atoms with Crippen LogP contribution in [0, 0.1) is 5.92 Å². The van der Waals surface area contributed by atoms with Crippen LogP contribution in [0.1, 0.15) is 55.6 Å². The van der Waals surface area contributed by atoms with Crippen LogP contribution in [0.5, 0.6) is 0 Å². The predicted molar refractivity (Wildman–Crippen MR) is 78.9 cm³/mol. The van der Waals surface area contributed by atoms with Crippen LogP contribution >= 0.6 is 0 Å². The Morgan fingerprint density at radius 1 is 1.10 bits per heavy atom. The lowest BCUT2D eigenvalue weighted by molar-refractivity contribution is -0.125. The Bertz CT molecular complexity index is 472. The molecule has 0 fully saturated rings. The molecule has 0 N–H and O–H groups in total. The first-order valence-corrected chi connectivity index (χ1v) is 7.30. The first-order valence-electron chi connectivity index (χ1n) is 7.30.